The van der Waals surface area contributed by atoms with Gasteiger partial charge in [0.1, 0.15) is 5.76 Å². The lowest BCUT2D eigenvalue weighted by atomic mass is 10.2. The Hall–Kier alpha value is -0.890. The minimum absolute atomic E-state index is 0.0483. The average molecular weight is 317 g/mol. The predicted molar refractivity (Wildman–Crippen MR) is 83.6 cm³/mol. The highest BCUT2D eigenvalue weighted by atomic mass is 32.2. The molecule has 0 aliphatic heterocycles. The summed E-state index contributed by atoms with van der Waals surface area (Å²) in [5, 5.41) is 3.23. The van der Waals surface area contributed by atoms with Gasteiger partial charge in [-0.3, -0.25) is 4.90 Å². The van der Waals surface area contributed by atoms with Crippen molar-refractivity contribution in [1.29, 1.82) is 0 Å². The number of hydrogen-bond acceptors (Lipinski definition) is 5. The van der Waals surface area contributed by atoms with Gasteiger partial charge in [0.2, 0.25) is 5.09 Å². The first-order valence-electron chi connectivity index (χ1n) is 7.26. The van der Waals surface area contributed by atoms with Gasteiger partial charge in [-0.1, -0.05) is 0 Å². The molecule has 0 aliphatic rings. The summed E-state index contributed by atoms with van der Waals surface area (Å²) in [6, 6.07) is 4.16. The van der Waals surface area contributed by atoms with E-state index in [1.165, 1.54) is 13.1 Å². The van der Waals surface area contributed by atoms with E-state index >= 15 is 0 Å². The topological polar surface area (TPSA) is 74.6 Å². The number of furan rings is 1. The number of hydrogen-bond donors (Lipinski definition) is 2. The first-order valence-corrected chi connectivity index (χ1v) is 8.75. The van der Waals surface area contributed by atoms with E-state index in [0.717, 1.165) is 13.1 Å². The van der Waals surface area contributed by atoms with Crippen LogP contribution in [0, 0.1) is 0 Å². The van der Waals surface area contributed by atoms with Crippen LogP contribution in [-0.4, -0.2) is 45.5 Å². The zero-order chi connectivity index (χ0) is 16.0. The molecule has 21 heavy (non-hydrogen) atoms. The molecule has 0 amide bonds. The molecule has 122 valence electrons. The molecule has 0 saturated heterocycles. The molecule has 0 radical (unpaired) electrons. The van der Waals surface area contributed by atoms with Gasteiger partial charge in [0.15, 0.2) is 0 Å². The fraction of sp³-hybridized carbons (Fsp3) is 0.714. The third kappa shape index (κ3) is 5.43. The van der Waals surface area contributed by atoms with Crippen LogP contribution in [0.3, 0.4) is 0 Å². The van der Waals surface area contributed by atoms with Crippen molar-refractivity contribution in [1.82, 2.24) is 14.9 Å². The summed E-state index contributed by atoms with van der Waals surface area (Å²) in [6.07, 6.45) is 0. The lowest BCUT2D eigenvalue weighted by Crippen LogP contribution is -2.41. The van der Waals surface area contributed by atoms with Crippen molar-refractivity contribution in [3.8, 4) is 0 Å². The summed E-state index contributed by atoms with van der Waals surface area (Å²) in [5.41, 5.74) is 0. The molecule has 0 atom stereocenters. The van der Waals surface area contributed by atoms with Crippen LogP contribution < -0.4 is 10.0 Å². The molecule has 2 N–H and O–H groups in total. The number of rotatable bonds is 9. The Balaban J connectivity index is 2.43. The van der Waals surface area contributed by atoms with Crippen molar-refractivity contribution in [2.75, 3.05) is 20.1 Å². The van der Waals surface area contributed by atoms with E-state index in [1.807, 2.05) is 0 Å². The van der Waals surface area contributed by atoms with E-state index < -0.39 is 10.0 Å². The lowest BCUT2D eigenvalue weighted by Gasteiger charge is -2.30. The normalized spacial score (nSPS) is 12.8. The van der Waals surface area contributed by atoms with Gasteiger partial charge in [-0.15, -0.1) is 0 Å². The minimum Gasteiger partial charge on any atom is -0.447 e. The Morgan fingerprint density at radius 2 is 1.81 bits per heavy atom. The predicted octanol–water partition coefficient (Wildman–Crippen LogP) is 1.40. The van der Waals surface area contributed by atoms with Gasteiger partial charge in [-0.2, -0.15) is 0 Å². The molecule has 0 spiro atoms. The highest BCUT2D eigenvalue weighted by molar-refractivity contribution is 7.89. The second kappa shape index (κ2) is 7.93. The molecule has 1 rings (SSSR count). The molecule has 0 fully saturated rings. The third-order valence-electron chi connectivity index (χ3n) is 3.34. The van der Waals surface area contributed by atoms with E-state index in [2.05, 4.69) is 42.6 Å². The standard InChI is InChI=1S/C14H27N3O3S/c1-11(2)17(12(3)4)9-8-16-10-13-6-7-14(20-13)21(18,19)15-5/h6-7,11-12,15-16H,8-10H2,1-5H3. The third-order valence-corrected chi connectivity index (χ3v) is 4.63. The molecule has 0 aliphatic carbocycles. The zero-order valence-electron chi connectivity index (χ0n) is 13.5. The average Bonchev–Trinajstić information content (AvgIpc) is 2.87. The summed E-state index contributed by atoms with van der Waals surface area (Å²) >= 11 is 0. The zero-order valence-corrected chi connectivity index (χ0v) is 14.3. The molecule has 0 aromatic carbocycles. The maximum atomic E-state index is 11.6. The summed E-state index contributed by atoms with van der Waals surface area (Å²) in [6.45, 7) is 11.0. The highest BCUT2D eigenvalue weighted by Gasteiger charge is 2.16. The van der Waals surface area contributed by atoms with Crippen molar-refractivity contribution in [3.05, 3.63) is 17.9 Å². The van der Waals surface area contributed by atoms with E-state index in [0.29, 0.717) is 24.4 Å². The molecule has 1 aromatic rings. The first-order chi connectivity index (χ1) is 9.77. The van der Waals surface area contributed by atoms with Crippen molar-refractivity contribution in [3.63, 3.8) is 0 Å². The maximum absolute atomic E-state index is 11.6. The molecule has 7 heteroatoms. The Labute approximate surface area is 127 Å². The van der Waals surface area contributed by atoms with Crippen LogP contribution in [0.4, 0.5) is 0 Å². The second-order valence-electron chi connectivity index (χ2n) is 5.53. The van der Waals surface area contributed by atoms with Crippen molar-refractivity contribution in [2.24, 2.45) is 0 Å². The second-order valence-corrected chi connectivity index (χ2v) is 7.35. The fourth-order valence-electron chi connectivity index (χ4n) is 2.23. The largest absolute Gasteiger partial charge is 0.447 e. The van der Waals surface area contributed by atoms with E-state index in [1.54, 1.807) is 6.07 Å². The smallest absolute Gasteiger partial charge is 0.273 e. The van der Waals surface area contributed by atoms with Crippen LogP contribution in [0.15, 0.2) is 21.6 Å². The SMILES string of the molecule is CNS(=O)(=O)c1ccc(CNCCN(C(C)C)C(C)C)o1. The molecule has 0 bridgehead atoms. The molecular weight excluding hydrogens is 290 g/mol. The Morgan fingerprint density at radius 1 is 1.19 bits per heavy atom. The summed E-state index contributed by atoms with van der Waals surface area (Å²) in [5.74, 6) is 0.615. The van der Waals surface area contributed by atoms with Crippen molar-refractivity contribution >= 4 is 10.0 Å². The van der Waals surface area contributed by atoms with E-state index in [9.17, 15) is 8.42 Å². The monoisotopic (exact) mass is 317 g/mol. The van der Waals surface area contributed by atoms with Crippen LogP contribution in [0.1, 0.15) is 33.5 Å². The van der Waals surface area contributed by atoms with Crippen molar-refractivity contribution < 1.29 is 12.8 Å². The van der Waals surface area contributed by atoms with Gasteiger partial charge in [0.25, 0.3) is 10.0 Å². The van der Waals surface area contributed by atoms with Gasteiger partial charge in [-0.25, -0.2) is 13.1 Å². The highest BCUT2D eigenvalue weighted by Crippen LogP contribution is 2.13. The van der Waals surface area contributed by atoms with Gasteiger partial charge < -0.3 is 9.73 Å². The van der Waals surface area contributed by atoms with Gasteiger partial charge >= 0.3 is 0 Å². The maximum Gasteiger partial charge on any atom is 0.273 e. The summed E-state index contributed by atoms with van der Waals surface area (Å²) in [4.78, 5) is 2.39. The Bertz CT molecular complexity index is 515. The van der Waals surface area contributed by atoms with Crippen LogP contribution in [0.25, 0.3) is 0 Å². The molecule has 1 heterocycles. The molecule has 1 aromatic heterocycles. The Kier molecular flexibility index (Phi) is 6.86. The summed E-state index contributed by atoms with van der Waals surface area (Å²) < 4.78 is 30.6. The quantitative estimate of drug-likeness (QED) is 0.673. The molecular formula is C14H27N3O3S. The van der Waals surface area contributed by atoms with Crippen LogP contribution >= 0.6 is 0 Å². The van der Waals surface area contributed by atoms with Crippen molar-refractivity contribution in [2.45, 2.75) is 51.4 Å². The molecule has 0 saturated carbocycles. The van der Waals surface area contributed by atoms with Crippen LogP contribution in [-0.2, 0) is 16.6 Å². The fourth-order valence-corrected chi connectivity index (χ4v) is 2.90. The van der Waals surface area contributed by atoms with Gasteiger partial charge in [-0.05, 0) is 46.9 Å². The van der Waals surface area contributed by atoms with E-state index in [4.69, 9.17) is 4.42 Å². The number of nitrogens with one attached hydrogen (secondary N) is 2. The van der Waals surface area contributed by atoms with Gasteiger partial charge in [0, 0.05) is 25.2 Å². The van der Waals surface area contributed by atoms with Gasteiger partial charge in [0.05, 0.1) is 6.54 Å². The molecule has 6 nitrogen and oxygen atoms in total. The Morgan fingerprint density at radius 3 is 2.33 bits per heavy atom. The summed E-state index contributed by atoms with van der Waals surface area (Å²) in [7, 11) is -2.13. The first kappa shape index (κ1) is 18.2. The van der Waals surface area contributed by atoms with Crippen LogP contribution in [0.5, 0.6) is 0 Å². The lowest BCUT2D eigenvalue weighted by molar-refractivity contribution is 0.175. The molecule has 0 unspecified atom stereocenters. The minimum atomic E-state index is -3.50. The number of nitrogens with zero attached hydrogens (tertiary/aromatic N) is 1. The van der Waals surface area contributed by atoms with Crippen LogP contribution in [0.2, 0.25) is 0 Å². The van der Waals surface area contributed by atoms with E-state index in [-0.39, 0.29) is 5.09 Å². The number of sulfonamides is 1.